The van der Waals surface area contributed by atoms with Gasteiger partial charge < -0.3 is 15.2 Å². The highest BCUT2D eigenvalue weighted by Gasteiger charge is 2.33. The smallest absolute Gasteiger partial charge is 0.288 e. The molecule has 1 aromatic carbocycles. The van der Waals surface area contributed by atoms with Crippen molar-refractivity contribution in [2.24, 2.45) is 0 Å². The number of hydrogen-bond donors (Lipinski definition) is 1. The first-order valence-corrected chi connectivity index (χ1v) is 8.94. The van der Waals surface area contributed by atoms with E-state index >= 15 is 0 Å². The first-order chi connectivity index (χ1) is 11.2. The number of rotatable bonds is 4. The van der Waals surface area contributed by atoms with Gasteiger partial charge in [-0.05, 0) is 12.1 Å². The van der Waals surface area contributed by atoms with Crippen LogP contribution in [0.4, 0.5) is 11.4 Å². The van der Waals surface area contributed by atoms with Crippen molar-refractivity contribution in [3.05, 3.63) is 46.0 Å². The first-order valence-electron chi connectivity index (χ1n) is 7.45. The lowest BCUT2D eigenvalue weighted by molar-refractivity contribution is -0.840. The summed E-state index contributed by atoms with van der Waals surface area (Å²) in [6, 6.07) is 6.42. The Bertz CT molecular complexity index is 951. The summed E-state index contributed by atoms with van der Waals surface area (Å²) in [6.07, 6.45) is 1.76. The second kappa shape index (κ2) is 6.75. The third-order valence-corrected chi connectivity index (χ3v) is 5.65. The summed E-state index contributed by atoms with van der Waals surface area (Å²) in [7, 11) is -0.893. The van der Waals surface area contributed by atoms with Gasteiger partial charge in [-0.2, -0.15) is 5.10 Å². The average Bonchev–Trinajstić information content (AvgIpc) is 2.48. The first kappa shape index (κ1) is 19.4. The van der Waals surface area contributed by atoms with E-state index in [4.69, 9.17) is 0 Å². The molecule has 0 saturated heterocycles. The summed E-state index contributed by atoms with van der Waals surface area (Å²) in [5.74, 6) is 0. The molecule has 0 radical (unpaired) electrons. The molecule has 0 amide bonds. The molecule has 0 fully saturated rings. The number of fused-ring (bicyclic) bond motifs is 2. The van der Waals surface area contributed by atoms with Crippen molar-refractivity contribution >= 4 is 33.6 Å². The molecule has 2 heterocycles. The zero-order chi connectivity index (χ0) is 17.5. The van der Waals surface area contributed by atoms with E-state index in [0.717, 1.165) is 4.68 Å². The molecule has 3 rings (SSSR count). The Hall–Kier alpha value is -1.94. The summed E-state index contributed by atoms with van der Waals surface area (Å²) < 4.78 is 26.2. The van der Waals surface area contributed by atoms with Gasteiger partial charge in [-0.1, -0.05) is 12.1 Å². The van der Waals surface area contributed by atoms with Crippen molar-refractivity contribution in [1.29, 1.82) is 0 Å². The van der Waals surface area contributed by atoms with Gasteiger partial charge >= 0.3 is 0 Å². The van der Waals surface area contributed by atoms with Crippen LogP contribution in [0, 0.1) is 5.21 Å². The molecular weight excluding hydrogens is 368 g/mol. The fourth-order valence-corrected chi connectivity index (χ4v) is 4.25. The van der Waals surface area contributed by atoms with E-state index in [0.29, 0.717) is 18.7 Å². The van der Waals surface area contributed by atoms with E-state index in [9.17, 15) is 18.4 Å². The summed E-state index contributed by atoms with van der Waals surface area (Å²) in [6.45, 7) is 0.492. The van der Waals surface area contributed by atoms with Gasteiger partial charge in [-0.3, -0.25) is 4.79 Å². The van der Waals surface area contributed by atoms with Crippen LogP contribution in [0.1, 0.15) is 6.42 Å². The van der Waals surface area contributed by atoms with Crippen molar-refractivity contribution in [3.63, 3.8) is 0 Å². The molecule has 2 aromatic rings. The van der Waals surface area contributed by atoms with Gasteiger partial charge in [-0.15, -0.1) is 12.4 Å². The number of hydroxylamine groups is 3. The van der Waals surface area contributed by atoms with E-state index in [-0.39, 0.29) is 34.4 Å². The Kier molecular flexibility index (Phi) is 5.24. The van der Waals surface area contributed by atoms with Gasteiger partial charge in [0.2, 0.25) is 9.84 Å². The Labute approximate surface area is 151 Å². The number of aromatic nitrogens is 2. The zero-order valence-corrected chi connectivity index (χ0v) is 15.4. The number of nitrogens with one attached hydrogen (secondary N) is 1. The van der Waals surface area contributed by atoms with Crippen LogP contribution in [-0.4, -0.2) is 43.5 Å². The van der Waals surface area contributed by atoms with Crippen molar-refractivity contribution in [1.82, 2.24) is 9.78 Å². The van der Waals surface area contributed by atoms with Gasteiger partial charge in [0.15, 0.2) is 4.90 Å². The van der Waals surface area contributed by atoms with Crippen molar-refractivity contribution in [2.45, 2.75) is 22.8 Å². The Morgan fingerprint density at radius 2 is 1.92 bits per heavy atom. The van der Waals surface area contributed by atoms with E-state index < -0.39 is 20.0 Å². The summed E-state index contributed by atoms with van der Waals surface area (Å²) in [5, 5.41) is 18.5. The standard InChI is InChI=1S/C15H18N4O4S.ClH/c1-19(2,21)9-5-8-18-15(20)14-12(10-16-18)17-11-6-3-4-7-13(11)24(14,22)23;/h3-4,6-7,10,17H,5,8-9H2,1-2H3;1H. The number of anilines is 2. The van der Waals surface area contributed by atoms with Gasteiger partial charge in [0.05, 0.1) is 49.7 Å². The SMILES string of the molecule is C[N+](C)([O-])CCCn1ncc2c(c1=O)S(=O)(=O)c1ccccc1N2.Cl. The lowest BCUT2D eigenvalue weighted by atomic mass is 10.3. The molecule has 0 bridgehead atoms. The van der Waals surface area contributed by atoms with Gasteiger partial charge in [0, 0.05) is 6.42 Å². The van der Waals surface area contributed by atoms with Crippen molar-refractivity contribution in [3.8, 4) is 0 Å². The topological polar surface area (TPSA) is 104 Å². The molecule has 0 unspecified atom stereocenters. The molecule has 0 spiro atoms. The Morgan fingerprint density at radius 1 is 1.24 bits per heavy atom. The number of para-hydroxylation sites is 1. The third-order valence-electron chi connectivity index (χ3n) is 3.78. The number of quaternary nitrogens is 1. The third kappa shape index (κ3) is 3.69. The molecule has 1 aliphatic heterocycles. The minimum atomic E-state index is -3.91. The van der Waals surface area contributed by atoms with Crippen LogP contribution in [0.15, 0.2) is 45.0 Å². The minimum absolute atomic E-state index is 0. The van der Waals surface area contributed by atoms with Gasteiger partial charge in [0.25, 0.3) is 5.56 Å². The second-order valence-electron chi connectivity index (χ2n) is 6.19. The maximum Gasteiger partial charge on any atom is 0.288 e. The van der Waals surface area contributed by atoms with Crippen LogP contribution in [-0.2, 0) is 16.4 Å². The molecule has 0 atom stereocenters. The van der Waals surface area contributed by atoms with Crippen LogP contribution in [0.2, 0.25) is 0 Å². The lowest BCUT2D eigenvalue weighted by Gasteiger charge is -2.33. The molecule has 1 aliphatic rings. The van der Waals surface area contributed by atoms with E-state index in [1.807, 2.05) is 0 Å². The number of aryl methyl sites for hydroxylation is 1. The highest BCUT2D eigenvalue weighted by Crippen LogP contribution is 2.36. The Morgan fingerprint density at radius 3 is 2.60 bits per heavy atom. The summed E-state index contributed by atoms with van der Waals surface area (Å²) >= 11 is 0. The molecule has 136 valence electrons. The molecule has 25 heavy (non-hydrogen) atoms. The maximum atomic E-state index is 12.8. The van der Waals surface area contributed by atoms with Crippen molar-refractivity contribution < 1.29 is 13.1 Å². The lowest BCUT2D eigenvalue weighted by Crippen LogP contribution is -2.36. The number of benzene rings is 1. The molecule has 1 aromatic heterocycles. The van der Waals surface area contributed by atoms with Gasteiger partial charge in [0.1, 0.15) is 0 Å². The number of hydrogen-bond acceptors (Lipinski definition) is 6. The zero-order valence-electron chi connectivity index (χ0n) is 13.8. The molecular formula is C15H19ClN4O4S. The fourth-order valence-electron chi connectivity index (χ4n) is 2.64. The summed E-state index contributed by atoms with van der Waals surface area (Å²) in [4.78, 5) is 12.4. The molecule has 1 N–H and O–H groups in total. The minimum Gasteiger partial charge on any atom is -0.633 e. The van der Waals surface area contributed by atoms with E-state index in [2.05, 4.69) is 10.4 Å². The van der Waals surface area contributed by atoms with Crippen LogP contribution >= 0.6 is 12.4 Å². The molecule has 10 heteroatoms. The van der Waals surface area contributed by atoms with E-state index in [1.165, 1.54) is 26.4 Å². The Balaban J connectivity index is 0.00000225. The van der Waals surface area contributed by atoms with Gasteiger partial charge in [-0.25, -0.2) is 13.1 Å². The highest BCUT2D eigenvalue weighted by molar-refractivity contribution is 7.92. The van der Waals surface area contributed by atoms with E-state index in [1.54, 1.807) is 18.2 Å². The normalized spacial score (nSPS) is 14.7. The molecule has 8 nitrogen and oxygen atoms in total. The van der Waals surface area contributed by atoms with Crippen LogP contribution in [0.5, 0.6) is 0 Å². The predicted octanol–water partition coefficient (Wildman–Crippen LogP) is 1.52. The molecule has 0 aliphatic carbocycles. The van der Waals surface area contributed by atoms with Crippen molar-refractivity contribution in [2.75, 3.05) is 26.0 Å². The van der Waals surface area contributed by atoms with Crippen LogP contribution in [0.3, 0.4) is 0 Å². The number of sulfone groups is 1. The number of nitrogens with zero attached hydrogens (tertiary/aromatic N) is 3. The summed E-state index contributed by atoms with van der Waals surface area (Å²) in [5.41, 5.74) is -0.0741. The second-order valence-corrected chi connectivity index (χ2v) is 8.05. The average molecular weight is 387 g/mol. The number of halogens is 1. The van der Waals surface area contributed by atoms with Crippen LogP contribution < -0.4 is 10.9 Å². The largest absolute Gasteiger partial charge is 0.633 e. The predicted molar refractivity (Wildman–Crippen MR) is 95.9 cm³/mol. The van der Waals surface area contributed by atoms with Crippen LogP contribution in [0.25, 0.3) is 0 Å². The monoisotopic (exact) mass is 386 g/mol. The fraction of sp³-hybridized carbons (Fsp3) is 0.333. The quantitative estimate of drug-likeness (QED) is 0.538. The maximum absolute atomic E-state index is 12.8. The highest BCUT2D eigenvalue weighted by atomic mass is 35.5. The molecule has 0 saturated carbocycles.